The van der Waals surface area contributed by atoms with Crippen molar-refractivity contribution in [1.82, 2.24) is 5.32 Å². The van der Waals surface area contributed by atoms with E-state index in [9.17, 15) is 18.7 Å². The van der Waals surface area contributed by atoms with Gasteiger partial charge in [0.2, 0.25) is 0 Å². The molecular formula is C13H17F2NO3. The van der Waals surface area contributed by atoms with Crippen molar-refractivity contribution in [3.05, 3.63) is 35.4 Å². The summed E-state index contributed by atoms with van der Waals surface area (Å²) in [5.41, 5.74) is -0.251. The largest absolute Gasteiger partial charge is 0.481 e. The first kappa shape index (κ1) is 15.5. The number of nitrogens with one attached hydrogen (secondary N) is 1. The highest BCUT2D eigenvalue weighted by molar-refractivity contribution is 5.67. The van der Waals surface area contributed by atoms with E-state index in [-0.39, 0.29) is 11.6 Å². The van der Waals surface area contributed by atoms with E-state index >= 15 is 0 Å². The highest BCUT2D eigenvalue weighted by Gasteiger charge is 2.26. The van der Waals surface area contributed by atoms with Crippen molar-refractivity contribution in [3.8, 4) is 0 Å². The summed E-state index contributed by atoms with van der Waals surface area (Å²) in [4.78, 5) is 10.8. The first-order valence-electron chi connectivity index (χ1n) is 5.92. The first-order chi connectivity index (χ1) is 8.81. The van der Waals surface area contributed by atoms with Gasteiger partial charge in [0.15, 0.2) is 0 Å². The molecule has 19 heavy (non-hydrogen) atoms. The minimum Gasteiger partial charge on any atom is -0.481 e. The molecular weight excluding hydrogens is 256 g/mol. The summed E-state index contributed by atoms with van der Waals surface area (Å²) in [5, 5.41) is 21.7. The van der Waals surface area contributed by atoms with Gasteiger partial charge in [0.05, 0.1) is 12.5 Å². The van der Waals surface area contributed by atoms with Crippen LogP contribution in [0.3, 0.4) is 0 Å². The van der Waals surface area contributed by atoms with Gasteiger partial charge >= 0.3 is 5.97 Å². The Kier molecular flexibility index (Phi) is 5.38. The summed E-state index contributed by atoms with van der Waals surface area (Å²) in [6, 6.07) is 1.72. The van der Waals surface area contributed by atoms with Gasteiger partial charge in [-0.05, 0) is 18.2 Å². The number of carbonyl (C=O) groups is 1. The quantitative estimate of drug-likeness (QED) is 0.739. The predicted molar refractivity (Wildman–Crippen MR) is 65.6 cm³/mol. The molecule has 106 valence electrons. The van der Waals surface area contributed by atoms with Crippen LogP contribution in [0.2, 0.25) is 0 Å². The lowest BCUT2D eigenvalue weighted by Gasteiger charge is -2.25. The maximum atomic E-state index is 13.6. The summed E-state index contributed by atoms with van der Waals surface area (Å²) in [7, 11) is 0. The molecule has 0 aromatic heterocycles. The molecule has 0 heterocycles. The van der Waals surface area contributed by atoms with Crippen LogP contribution in [0.4, 0.5) is 8.78 Å². The van der Waals surface area contributed by atoms with Gasteiger partial charge in [0.25, 0.3) is 0 Å². The number of rotatable bonds is 6. The number of benzene rings is 1. The van der Waals surface area contributed by atoms with Crippen LogP contribution >= 0.6 is 0 Å². The second-order valence-corrected chi connectivity index (χ2v) is 4.64. The average Bonchev–Trinajstić information content (AvgIpc) is 2.29. The fourth-order valence-electron chi connectivity index (χ4n) is 1.84. The Morgan fingerprint density at radius 2 is 2.00 bits per heavy atom. The summed E-state index contributed by atoms with van der Waals surface area (Å²) in [6.45, 7) is 3.53. The van der Waals surface area contributed by atoms with E-state index in [2.05, 4.69) is 5.32 Å². The molecule has 2 unspecified atom stereocenters. The van der Waals surface area contributed by atoms with Gasteiger partial charge in [-0.25, -0.2) is 8.78 Å². The van der Waals surface area contributed by atoms with Gasteiger partial charge < -0.3 is 15.5 Å². The number of aliphatic hydroxyl groups excluding tert-OH is 1. The maximum Gasteiger partial charge on any atom is 0.305 e. The zero-order valence-electron chi connectivity index (χ0n) is 10.7. The van der Waals surface area contributed by atoms with Crippen LogP contribution in [0.25, 0.3) is 0 Å². The SMILES string of the molecule is CC(C)NC(CC(=O)O)C(O)c1cc(F)ccc1F. The average molecular weight is 273 g/mol. The lowest BCUT2D eigenvalue weighted by molar-refractivity contribution is -0.138. The molecule has 0 saturated carbocycles. The van der Waals surface area contributed by atoms with Gasteiger partial charge in [-0.15, -0.1) is 0 Å². The molecule has 1 aromatic rings. The second kappa shape index (κ2) is 6.58. The first-order valence-corrected chi connectivity index (χ1v) is 5.92. The fourth-order valence-corrected chi connectivity index (χ4v) is 1.84. The number of aliphatic hydroxyl groups is 1. The van der Waals surface area contributed by atoms with E-state index in [4.69, 9.17) is 5.11 Å². The van der Waals surface area contributed by atoms with E-state index in [1.54, 1.807) is 13.8 Å². The number of carboxylic acids is 1. The molecule has 1 rings (SSSR count). The summed E-state index contributed by atoms with van der Waals surface area (Å²) in [5.74, 6) is -2.59. The molecule has 6 heteroatoms. The number of hydrogen-bond acceptors (Lipinski definition) is 3. The standard InChI is InChI=1S/C13H17F2NO3/c1-7(2)16-11(6-12(17)18)13(19)9-5-8(14)3-4-10(9)15/h3-5,7,11,13,16,19H,6H2,1-2H3,(H,17,18). The van der Waals surface area contributed by atoms with E-state index < -0.39 is 36.2 Å². The highest BCUT2D eigenvalue weighted by atomic mass is 19.1. The molecule has 0 amide bonds. The maximum absolute atomic E-state index is 13.6. The molecule has 0 bridgehead atoms. The zero-order chi connectivity index (χ0) is 14.6. The van der Waals surface area contributed by atoms with Gasteiger partial charge in [0, 0.05) is 17.6 Å². The highest BCUT2D eigenvalue weighted by Crippen LogP contribution is 2.23. The third-order valence-electron chi connectivity index (χ3n) is 2.60. The smallest absolute Gasteiger partial charge is 0.305 e. The molecule has 0 spiro atoms. The molecule has 0 saturated heterocycles. The van der Waals surface area contributed by atoms with Gasteiger partial charge in [-0.1, -0.05) is 13.8 Å². The number of aliphatic carboxylic acids is 1. The third-order valence-corrected chi connectivity index (χ3v) is 2.60. The molecule has 0 aliphatic heterocycles. The third kappa shape index (κ3) is 4.57. The van der Waals surface area contributed by atoms with Crippen LogP contribution in [0.15, 0.2) is 18.2 Å². The van der Waals surface area contributed by atoms with Gasteiger partial charge in [-0.3, -0.25) is 4.79 Å². The lowest BCUT2D eigenvalue weighted by atomic mass is 9.98. The topological polar surface area (TPSA) is 69.6 Å². The van der Waals surface area contributed by atoms with Crippen LogP contribution in [0, 0.1) is 11.6 Å². The molecule has 0 aliphatic rings. The van der Waals surface area contributed by atoms with Crippen molar-refractivity contribution in [2.75, 3.05) is 0 Å². The van der Waals surface area contributed by atoms with Crippen LogP contribution in [-0.4, -0.2) is 28.3 Å². The molecule has 0 aliphatic carbocycles. The van der Waals surface area contributed by atoms with E-state index in [0.29, 0.717) is 0 Å². The van der Waals surface area contributed by atoms with Gasteiger partial charge in [0.1, 0.15) is 11.6 Å². The van der Waals surface area contributed by atoms with Crippen LogP contribution in [0.1, 0.15) is 31.9 Å². The normalized spacial score (nSPS) is 14.4. The van der Waals surface area contributed by atoms with Crippen molar-refractivity contribution in [3.63, 3.8) is 0 Å². The Bertz CT molecular complexity index is 452. The fraction of sp³-hybridized carbons (Fsp3) is 0.462. The molecule has 2 atom stereocenters. The van der Waals surface area contributed by atoms with Gasteiger partial charge in [-0.2, -0.15) is 0 Å². The molecule has 3 N–H and O–H groups in total. The van der Waals surface area contributed by atoms with Crippen molar-refractivity contribution in [2.45, 2.75) is 38.5 Å². The van der Waals surface area contributed by atoms with Crippen molar-refractivity contribution in [2.24, 2.45) is 0 Å². The lowest BCUT2D eigenvalue weighted by Crippen LogP contribution is -2.41. The van der Waals surface area contributed by atoms with Crippen molar-refractivity contribution in [1.29, 1.82) is 0 Å². The molecule has 1 aromatic carbocycles. The van der Waals surface area contributed by atoms with Crippen molar-refractivity contribution >= 4 is 5.97 Å². The predicted octanol–water partition coefficient (Wildman–Crippen LogP) is 1.84. The number of hydrogen-bond donors (Lipinski definition) is 3. The van der Waals surface area contributed by atoms with Crippen molar-refractivity contribution < 1.29 is 23.8 Å². The van der Waals surface area contributed by atoms with E-state index in [0.717, 1.165) is 18.2 Å². The van der Waals surface area contributed by atoms with E-state index in [1.807, 2.05) is 0 Å². The summed E-state index contributed by atoms with van der Waals surface area (Å²) in [6.07, 6.45) is -1.83. The Hall–Kier alpha value is -1.53. The molecule has 4 nitrogen and oxygen atoms in total. The van der Waals surface area contributed by atoms with E-state index in [1.165, 1.54) is 0 Å². The van der Waals surface area contributed by atoms with Crippen LogP contribution < -0.4 is 5.32 Å². The zero-order valence-corrected chi connectivity index (χ0v) is 10.7. The minimum absolute atomic E-state index is 0.101. The van der Waals surface area contributed by atoms with Crippen LogP contribution in [-0.2, 0) is 4.79 Å². The number of carboxylic acid groups (broad SMARTS) is 1. The monoisotopic (exact) mass is 273 g/mol. The molecule has 0 fully saturated rings. The second-order valence-electron chi connectivity index (χ2n) is 4.64. The Morgan fingerprint density at radius 1 is 1.37 bits per heavy atom. The Labute approximate surface area is 110 Å². The Balaban J connectivity index is 3.00. The number of halogens is 2. The summed E-state index contributed by atoms with van der Waals surface area (Å²) >= 11 is 0. The molecule has 0 radical (unpaired) electrons. The Morgan fingerprint density at radius 3 is 2.53 bits per heavy atom. The minimum atomic E-state index is -1.44. The summed E-state index contributed by atoms with van der Waals surface area (Å²) < 4.78 is 26.6. The van der Waals surface area contributed by atoms with Crippen LogP contribution in [0.5, 0.6) is 0 Å².